The highest BCUT2D eigenvalue weighted by atomic mass is 32.2. The van der Waals surface area contributed by atoms with E-state index in [4.69, 9.17) is 4.74 Å². The largest absolute Gasteiger partial charge is 0.497 e. The van der Waals surface area contributed by atoms with E-state index in [9.17, 15) is 9.90 Å². The summed E-state index contributed by atoms with van der Waals surface area (Å²) in [5.74, 6) is 1.89. The van der Waals surface area contributed by atoms with Gasteiger partial charge < -0.3 is 14.7 Å². The predicted octanol–water partition coefficient (Wildman–Crippen LogP) is 6.08. The number of benzene rings is 2. The molecule has 4 rings (SSSR count). The summed E-state index contributed by atoms with van der Waals surface area (Å²) >= 11 is 1.89. The number of carboxylic acids is 1. The molecule has 1 aliphatic heterocycles. The summed E-state index contributed by atoms with van der Waals surface area (Å²) in [6.45, 7) is 5.08. The Morgan fingerprint density at radius 1 is 1.20 bits per heavy atom. The first-order chi connectivity index (χ1) is 17.0. The monoisotopic (exact) mass is 492 g/mol. The molecule has 1 aliphatic rings. The molecule has 0 radical (unpaired) electrons. The fourth-order valence-electron chi connectivity index (χ4n) is 5.27. The molecule has 2 atom stereocenters. The van der Waals surface area contributed by atoms with Crippen LogP contribution in [-0.4, -0.2) is 53.5 Å². The van der Waals surface area contributed by atoms with Gasteiger partial charge in [-0.25, -0.2) is 0 Å². The molecule has 1 aromatic heterocycles. The maximum Gasteiger partial charge on any atom is 0.303 e. The Bertz CT molecular complexity index is 1140. The number of thioether (sulfide) groups is 1. The van der Waals surface area contributed by atoms with Gasteiger partial charge in [0, 0.05) is 41.7 Å². The summed E-state index contributed by atoms with van der Waals surface area (Å²) in [6, 6.07) is 16.8. The van der Waals surface area contributed by atoms with Crippen molar-refractivity contribution >= 4 is 28.6 Å². The lowest BCUT2D eigenvalue weighted by Gasteiger charge is -2.38. The van der Waals surface area contributed by atoms with Crippen molar-refractivity contribution in [3.63, 3.8) is 0 Å². The number of nitrogens with zero attached hydrogens (tertiary/aromatic N) is 2. The minimum Gasteiger partial charge on any atom is -0.497 e. The second-order valence-electron chi connectivity index (χ2n) is 9.62. The minimum atomic E-state index is -0.678. The summed E-state index contributed by atoms with van der Waals surface area (Å²) in [4.78, 5) is 19.9. The van der Waals surface area contributed by atoms with Crippen molar-refractivity contribution in [1.82, 2.24) is 9.88 Å². The molecule has 0 amide bonds. The van der Waals surface area contributed by atoms with Crippen molar-refractivity contribution in [2.45, 2.75) is 43.9 Å². The number of aliphatic carboxylic acids is 1. The number of carboxylic acid groups (broad SMARTS) is 1. The first kappa shape index (κ1) is 25.5. The molecular formula is C29H36N2O3S. The Balaban J connectivity index is 1.30. The summed E-state index contributed by atoms with van der Waals surface area (Å²) in [5, 5.41) is 10.7. The van der Waals surface area contributed by atoms with Gasteiger partial charge in [-0.15, -0.1) is 11.8 Å². The minimum absolute atomic E-state index is 0.222. The van der Waals surface area contributed by atoms with Gasteiger partial charge in [0.1, 0.15) is 5.75 Å². The van der Waals surface area contributed by atoms with E-state index < -0.39 is 5.97 Å². The van der Waals surface area contributed by atoms with Crippen molar-refractivity contribution < 1.29 is 14.6 Å². The topological polar surface area (TPSA) is 62.7 Å². The van der Waals surface area contributed by atoms with E-state index >= 15 is 0 Å². The fraction of sp³-hybridized carbons (Fsp3) is 0.448. The van der Waals surface area contributed by atoms with Gasteiger partial charge in [-0.3, -0.25) is 9.78 Å². The Morgan fingerprint density at radius 2 is 2.09 bits per heavy atom. The van der Waals surface area contributed by atoms with Gasteiger partial charge in [0.15, 0.2) is 0 Å². The van der Waals surface area contributed by atoms with Crippen LogP contribution in [0.4, 0.5) is 0 Å². The average Bonchev–Trinajstić information content (AvgIpc) is 2.85. The Labute approximate surface area is 212 Å². The third-order valence-electron chi connectivity index (χ3n) is 7.14. The molecule has 35 heavy (non-hydrogen) atoms. The third-order valence-corrected chi connectivity index (χ3v) is 8.11. The number of hydrogen-bond acceptors (Lipinski definition) is 5. The van der Waals surface area contributed by atoms with Gasteiger partial charge in [0.2, 0.25) is 0 Å². The summed E-state index contributed by atoms with van der Waals surface area (Å²) in [5.41, 5.74) is 3.56. The number of aryl methyl sites for hydroxylation is 2. The van der Waals surface area contributed by atoms with Crippen LogP contribution in [0.5, 0.6) is 5.75 Å². The van der Waals surface area contributed by atoms with E-state index in [1.54, 1.807) is 7.11 Å². The highest BCUT2D eigenvalue weighted by molar-refractivity contribution is 7.99. The van der Waals surface area contributed by atoms with Crippen molar-refractivity contribution in [3.8, 4) is 5.75 Å². The highest BCUT2D eigenvalue weighted by Crippen LogP contribution is 2.32. The van der Waals surface area contributed by atoms with Crippen molar-refractivity contribution in [1.29, 1.82) is 0 Å². The van der Waals surface area contributed by atoms with Gasteiger partial charge in [0.25, 0.3) is 0 Å². The second kappa shape index (κ2) is 12.4. The van der Waals surface area contributed by atoms with Gasteiger partial charge in [-0.05, 0) is 92.9 Å². The Kier molecular flexibility index (Phi) is 9.05. The molecule has 2 aromatic carbocycles. The van der Waals surface area contributed by atoms with E-state index in [2.05, 4.69) is 53.2 Å². The van der Waals surface area contributed by atoms with Crippen LogP contribution in [0, 0.1) is 18.8 Å². The normalized spacial score (nSPS) is 18.6. The number of likely N-dealkylation sites (tertiary alicyclic amines) is 1. The quantitative estimate of drug-likeness (QED) is 0.327. The smallest absolute Gasteiger partial charge is 0.303 e. The molecule has 6 heteroatoms. The van der Waals surface area contributed by atoms with Crippen LogP contribution >= 0.6 is 11.8 Å². The number of fused-ring (bicyclic) bond motifs is 1. The first-order valence-electron chi connectivity index (χ1n) is 12.6. The van der Waals surface area contributed by atoms with E-state index in [0.29, 0.717) is 5.92 Å². The molecule has 0 unspecified atom stereocenters. The zero-order valence-corrected chi connectivity index (χ0v) is 21.6. The zero-order chi connectivity index (χ0) is 24.6. The summed E-state index contributed by atoms with van der Waals surface area (Å²) in [6.07, 6.45) is 6.32. The lowest BCUT2D eigenvalue weighted by Crippen LogP contribution is -2.42. The summed E-state index contributed by atoms with van der Waals surface area (Å²) in [7, 11) is 1.69. The molecule has 1 fully saturated rings. The maximum atomic E-state index is 11.6. The number of aromatic nitrogens is 1. The van der Waals surface area contributed by atoms with Crippen molar-refractivity contribution in [3.05, 3.63) is 65.9 Å². The second-order valence-corrected chi connectivity index (χ2v) is 10.8. The van der Waals surface area contributed by atoms with Crippen LogP contribution in [0.2, 0.25) is 0 Å². The molecule has 186 valence electrons. The molecule has 3 aromatic rings. The molecule has 0 saturated carbocycles. The van der Waals surface area contributed by atoms with Crippen LogP contribution in [0.1, 0.15) is 36.8 Å². The predicted molar refractivity (Wildman–Crippen MR) is 143 cm³/mol. The lowest BCUT2D eigenvalue weighted by atomic mass is 9.80. The van der Waals surface area contributed by atoms with Crippen LogP contribution in [0.25, 0.3) is 10.9 Å². The number of ether oxygens (including phenoxy) is 1. The molecular weight excluding hydrogens is 456 g/mol. The number of hydrogen-bond donors (Lipinski definition) is 1. The molecule has 2 heterocycles. The molecule has 0 bridgehead atoms. The van der Waals surface area contributed by atoms with Crippen molar-refractivity contribution in [2.24, 2.45) is 11.8 Å². The van der Waals surface area contributed by atoms with Crippen molar-refractivity contribution in [2.75, 3.05) is 32.5 Å². The highest BCUT2D eigenvalue weighted by Gasteiger charge is 2.30. The van der Waals surface area contributed by atoms with E-state index in [1.807, 2.05) is 30.1 Å². The van der Waals surface area contributed by atoms with Crippen LogP contribution in [0.15, 0.2) is 59.6 Å². The van der Waals surface area contributed by atoms with Crippen LogP contribution < -0.4 is 4.74 Å². The van der Waals surface area contributed by atoms with E-state index in [0.717, 1.165) is 67.7 Å². The Hall–Kier alpha value is -2.57. The molecule has 5 nitrogen and oxygen atoms in total. The van der Waals surface area contributed by atoms with E-state index in [1.165, 1.54) is 16.0 Å². The van der Waals surface area contributed by atoms with Gasteiger partial charge >= 0.3 is 5.97 Å². The van der Waals surface area contributed by atoms with Gasteiger partial charge in [-0.2, -0.15) is 0 Å². The lowest BCUT2D eigenvalue weighted by molar-refractivity contribution is -0.139. The number of methoxy groups -OCH3 is 1. The molecule has 0 spiro atoms. The SMILES string of the molecule is COc1ccc2nccc(CCC[C@@H]3CCN(CCSc4cccc(C)c4)C[C@@H]3CC(=O)O)c2c1. The standard InChI is InChI=1S/C29H36N2O3S/c1-21-5-3-8-26(17-21)35-16-15-31-14-12-22(24(20-31)18-29(32)33)6-4-7-23-11-13-30-28-10-9-25(34-2)19-27(23)28/h3,5,8-11,13,17,19,22,24H,4,6-7,12,14-16,18,20H2,1-2H3,(H,32,33)/t22-,24+/m1/s1. The van der Waals surface area contributed by atoms with Gasteiger partial charge in [0.05, 0.1) is 12.6 Å². The first-order valence-corrected chi connectivity index (χ1v) is 13.6. The zero-order valence-electron chi connectivity index (χ0n) is 20.8. The van der Waals surface area contributed by atoms with Gasteiger partial charge in [-0.1, -0.05) is 17.7 Å². The number of piperidine rings is 1. The fourth-order valence-corrected chi connectivity index (χ4v) is 6.30. The van der Waals surface area contributed by atoms with Crippen LogP contribution in [0.3, 0.4) is 0 Å². The third kappa shape index (κ3) is 7.21. The Morgan fingerprint density at radius 3 is 2.89 bits per heavy atom. The number of rotatable bonds is 11. The van der Waals surface area contributed by atoms with Crippen LogP contribution in [-0.2, 0) is 11.2 Å². The number of pyridine rings is 1. The molecule has 1 saturated heterocycles. The maximum absolute atomic E-state index is 11.6. The number of carbonyl (C=O) groups is 1. The average molecular weight is 493 g/mol. The summed E-state index contributed by atoms with van der Waals surface area (Å²) < 4.78 is 5.41. The van der Waals surface area contributed by atoms with E-state index in [-0.39, 0.29) is 12.3 Å². The molecule has 1 N–H and O–H groups in total. The molecule has 0 aliphatic carbocycles.